The maximum atomic E-state index is 12.7. The molecule has 3 rings (SSSR count). The third kappa shape index (κ3) is 3.56. The number of nitrogens with one attached hydrogen (secondary N) is 1. The van der Waals surface area contributed by atoms with E-state index in [1.807, 2.05) is 26.8 Å². The van der Waals surface area contributed by atoms with Gasteiger partial charge in [0.15, 0.2) is 0 Å². The van der Waals surface area contributed by atoms with Gasteiger partial charge in [0.25, 0.3) is 15.9 Å². The van der Waals surface area contributed by atoms with Crippen molar-refractivity contribution < 1.29 is 13.2 Å². The number of rotatable bonds is 4. The summed E-state index contributed by atoms with van der Waals surface area (Å²) < 4.78 is 29.8. The summed E-state index contributed by atoms with van der Waals surface area (Å²) in [5.41, 5.74) is 2.93. The minimum absolute atomic E-state index is 0.118. The molecule has 1 aliphatic rings. The number of aromatic nitrogens is 1. The van der Waals surface area contributed by atoms with Crippen molar-refractivity contribution in [2.45, 2.75) is 38.6 Å². The molecule has 0 fully saturated rings. The quantitative estimate of drug-likeness (QED) is 0.910. The fourth-order valence-electron chi connectivity index (χ4n) is 3.24. The van der Waals surface area contributed by atoms with Crippen molar-refractivity contribution >= 4 is 21.6 Å². The summed E-state index contributed by atoms with van der Waals surface area (Å²) >= 11 is 0. The largest absolute Gasteiger partial charge is 0.342 e. The smallest absolute Gasteiger partial charge is 0.270 e. The van der Waals surface area contributed by atoms with Crippen LogP contribution in [-0.4, -0.2) is 36.9 Å². The van der Waals surface area contributed by atoms with Crippen LogP contribution in [0.3, 0.4) is 0 Å². The van der Waals surface area contributed by atoms with Gasteiger partial charge in [0.2, 0.25) is 0 Å². The van der Waals surface area contributed by atoms with Gasteiger partial charge >= 0.3 is 0 Å². The number of hydrogen-bond donors (Lipinski definition) is 1. The molecule has 0 unspecified atom stereocenters. The summed E-state index contributed by atoms with van der Waals surface area (Å²) in [6.07, 6.45) is 2.36. The second-order valence-electron chi connectivity index (χ2n) is 6.47. The number of hydrogen-bond acceptors (Lipinski definition) is 3. The average Bonchev–Trinajstić information content (AvgIpc) is 2.88. The van der Waals surface area contributed by atoms with E-state index in [1.54, 1.807) is 27.8 Å². The molecule has 1 amide bonds. The van der Waals surface area contributed by atoms with Crippen LogP contribution in [0.15, 0.2) is 35.4 Å². The lowest BCUT2D eigenvalue weighted by Crippen LogP contribution is -2.30. The molecule has 1 N–H and O–H groups in total. The molecule has 134 valence electrons. The Kier molecular flexibility index (Phi) is 4.60. The summed E-state index contributed by atoms with van der Waals surface area (Å²) in [6.45, 7) is 7.71. The van der Waals surface area contributed by atoms with E-state index in [2.05, 4.69) is 4.72 Å². The Hall–Kier alpha value is -2.28. The fourth-order valence-corrected chi connectivity index (χ4v) is 4.32. The van der Waals surface area contributed by atoms with Crippen LogP contribution in [0.25, 0.3) is 0 Å². The number of benzene rings is 1. The van der Waals surface area contributed by atoms with Gasteiger partial charge in [0, 0.05) is 31.5 Å². The number of carbonyl (C=O) groups excluding carboxylic acids is 1. The Labute approximate surface area is 148 Å². The second kappa shape index (κ2) is 6.55. The zero-order chi connectivity index (χ0) is 18.2. The molecule has 0 saturated carbocycles. The van der Waals surface area contributed by atoms with Gasteiger partial charge in [0.1, 0.15) is 10.6 Å². The Balaban J connectivity index is 1.94. The predicted molar refractivity (Wildman–Crippen MR) is 97.4 cm³/mol. The standard InChI is InChI=1S/C18H23N3O3S/c1-4-20-6-5-7-21-12-16(11-17(21)18(20)22)25(23,24)19-15-9-13(2)8-14(3)10-15/h8-12,19H,4-7H2,1-3H3. The van der Waals surface area contributed by atoms with E-state index in [0.29, 0.717) is 31.0 Å². The number of amides is 1. The van der Waals surface area contributed by atoms with E-state index in [9.17, 15) is 13.2 Å². The molecule has 0 aliphatic carbocycles. The molecule has 2 aromatic rings. The van der Waals surface area contributed by atoms with Crippen molar-refractivity contribution in [2.75, 3.05) is 17.8 Å². The van der Waals surface area contributed by atoms with E-state index >= 15 is 0 Å². The van der Waals surface area contributed by atoms with Crippen LogP contribution in [-0.2, 0) is 16.6 Å². The highest BCUT2D eigenvalue weighted by molar-refractivity contribution is 7.92. The van der Waals surface area contributed by atoms with Gasteiger partial charge in [-0.3, -0.25) is 9.52 Å². The molecular weight excluding hydrogens is 338 g/mol. The van der Waals surface area contributed by atoms with Crippen molar-refractivity contribution in [3.63, 3.8) is 0 Å². The highest BCUT2D eigenvalue weighted by Gasteiger charge is 2.26. The van der Waals surface area contributed by atoms with Gasteiger partial charge < -0.3 is 9.47 Å². The number of fused-ring (bicyclic) bond motifs is 1. The molecule has 0 bridgehead atoms. The van der Waals surface area contributed by atoms with E-state index in [4.69, 9.17) is 0 Å². The molecule has 0 saturated heterocycles. The van der Waals surface area contributed by atoms with Crippen molar-refractivity contribution in [3.05, 3.63) is 47.3 Å². The first-order valence-electron chi connectivity index (χ1n) is 8.40. The first-order valence-corrected chi connectivity index (χ1v) is 9.89. The molecule has 0 spiro atoms. The first kappa shape index (κ1) is 17.5. The molecule has 1 aromatic carbocycles. The van der Waals surface area contributed by atoms with E-state index in [1.165, 1.54) is 6.07 Å². The lowest BCUT2D eigenvalue weighted by atomic mass is 10.1. The molecule has 25 heavy (non-hydrogen) atoms. The predicted octanol–water partition coefficient (Wildman–Crippen LogP) is 2.77. The van der Waals surface area contributed by atoms with Crippen LogP contribution in [0.1, 0.15) is 35.0 Å². The molecular formula is C18H23N3O3S. The Morgan fingerprint density at radius 2 is 1.76 bits per heavy atom. The number of carbonyl (C=O) groups is 1. The summed E-state index contributed by atoms with van der Waals surface area (Å²) in [4.78, 5) is 14.4. The highest BCUT2D eigenvalue weighted by Crippen LogP contribution is 2.23. The number of aryl methyl sites for hydroxylation is 3. The van der Waals surface area contributed by atoms with Gasteiger partial charge in [-0.1, -0.05) is 6.07 Å². The van der Waals surface area contributed by atoms with Crippen LogP contribution < -0.4 is 4.72 Å². The second-order valence-corrected chi connectivity index (χ2v) is 8.16. The molecule has 0 atom stereocenters. The third-order valence-electron chi connectivity index (χ3n) is 4.37. The highest BCUT2D eigenvalue weighted by atomic mass is 32.2. The number of sulfonamides is 1. The number of anilines is 1. The number of nitrogens with zero attached hydrogens (tertiary/aromatic N) is 2. The van der Waals surface area contributed by atoms with Crippen LogP contribution in [0.5, 0.6) is 0 Å². The monoisotopic (exact) mass is 361 g/mol. The van der Waals surface area contributed by atoms with Gasteiger partial charge in [-0.15, -0.1) is 0 Å². The van der Waals surface area contributed by atoms with Crippen molar-refractivity contribution in [3.8, 4) is 0 Å². The molecule has 7 heteroatoms. The molecule has 1 aromatic heterocycles. The van der Waals surface area contributed by atoms with E-state index in [0.717, 1.165) is 17.5 Å². The van der Waals surface area contributed by atoms with Gasteiger partial charge in [0.05, 0.1) is 0 Å². The minimum Gasteiger partial charge on any atom is -0.342 e. The Morgan fingerprint density at radius 3 is 2.40 bits per heavy atom. The lowest BCUT2D eigenvalue weighted by molar-refractivity contribution is 0.0766. The van der Waals surface area contributed by atoms with Crippen molar-refractivity contribution in [1.29, 1.82) is 0 Å². The summed E-state index contributed by atoms with van der Waals surface area (Å²) in [6, 6.07) is 7.03. The van der Waals surface area contributed by atoms with Gasteiger partial charge in [-0.05, 0) is 56.5 Å². The maximum Gasteiger partial charge on any atom is 0.270 e. The zero-order valence-electron chi connectivity index (χ0n) is 14.7. The summed E-state index contributed by atoms with van der Waals surface area (Å²) in [5.74, 6) is -0.118. The summed E-state index contributed by atoms with van der Waals surface area (Å²) in [7, 11) is -3.74. The van der Waals surface area contributed by atoms with Crippen LogP contribution >= 0.6 is 0 Å². The maximum absolute atomic E-state index is 12.7. The first-order chi connectivity index (χ1) is 11.8. The molecule has 6 nitrogen and oxygen atoms in total. The van der Waals surface area contributed by atoms with E-state index in [-0.39, 0.29) is 10.8 Å². The summed E-state index contributed by atoms with van der Waals surface area (Å²) in [5, 5.41) is 0. The van der Waals surface area contributed by atoms with Crippen LogP contribution in [0.4, 0.5) is 5.69 Å². The minimum atomic E-state index is -3.74. The van der Waals surface area contributed by atoms with Gasteiger partial charge in [-0.25, -0.2) is 8.42 Å². The average molecular weight is 361 g/mol. The van der Waals surface area contributed by atoms with Crippen molar-refractivity contribution in [1.82, 2.24) is 9.47 Å². The van der Waals surface area contributed by atoms with Crippen LogP contribution in [0, 0.1) is 13.8 Å². The molecule has 1 aliphatic heterocycles. The third-order valence-corrected chi connectivity index (χ3v) is 5.72. The van der Waals surface area contributed by atoms with Gasteiger partial charge in [-0.2, -0.15) is 0 Å². The zero-order valence-corrected chi connectivity index (χ0v) is 15.6. The normalized spacial score (nSPS) is 15.0. The molecule has 0 radical (unpaired) electrons. The molecule has 2 heterocycles. The Morgan fingerprint density at radius 1 is 1.08 bits per heavy atom. The van der Waals surface area contributed by atoms with E-state index < -0.39 is 10.0 Å². The lowest BCUT2D eigenvalue weighted by Gasteiger charge is -2.17. The fraction of sp³-hybridized carbons (Fsp3) is 0.389. The van der Waals surface area contributed by atoms with Crippen LogP contribution in [0.2, 0.25) is 0 Å². The van der Waals surface area contributed by atoms with Crippen molar-refractivity contribution in [2.24, 2.45) is 0 Å². The Bertz CT molecular complexity index is 895. The topological polar surface area (TPSA) is 71.4 Å². The SMILES string of the molecule is CCN1CCCn2cc(S(=O)(=O)Nc3cc(C)cc(C)c3)cc2C1=O.